The van der Waals surface area contributed by atoms with Crippen molar-refractivity contribution in [2.75, 3.05) is 20.1 Å². The number of carbonyl (C=O) groups excluding carboxylic acids is 1. The Hall–Kier alpha value is -1.30. The molecule has 1 aliphatic carbocycles. The van der Waals surface area contributed by atoms with Gasteiger partial charge in [-0.25, -0.2) is 4.79 Å². The number of hydrogen-bond acceptors (Lipinski definition) is 3. The molecule has 1 atom stereocenters. The summed E-state index contributed by atoms with van der Waals surface area (Å²) in [6, 6.07) is 0.627. The first-order valence-electron chi connectivity index (χ1n) is 6.71. The van der Waals surface area contributed by atoms with Crippen molar-refractivity contribution in [3.05, 3.63) is 0 Å². The number of carbonyl (C=O) groups is 2. The summed E-state index contributed by atoms with van der Waals surface area (Å²) in [6.45, 7) is 5.91. The molecule has 1 fully saturated rings. The third kappa shape index (κ3) is 5.06. The Labute approximate surface area is 114 Å². The van der Waals surface area contributed by atoms with Crippen molar-refractivity contribution in [1.29, 1.82) is 0 Å². The Balaban J connectivity index is 2.22. The monoisotopic (exact) mass is 271 g/mol. The highest BCUT2D eigenvalue weighted by Crippen LogP contribution is 2.26. The number of urea groups is 1. The van der Waals surface area contributed by atoms with Crippen LogP contribution in [0.5, 0.6) is 0 Å². The Morgan fingerprint density at radius 1 is 1.37 bits per heavy atom. The van der Waals surface area contributed by atoms with Gasteiger partial charge >= 0.3 is 12.0 Å². The fraction of sp³-hybridized carbons (Fsp3) is 0.846. The Kier molecular flexibility index (Phi) is 5.17. The van der Waals surface area contributed by atoms with Crippen LogP contribution >= 0.6 is 0 Å². The molecule has 19 heavy (non-hydrogen) atoms. The zero-order valence-electron chi connectivity index (χ0n) is 12.2. The Morgan fingerprint density at radius 2 is 1.95 bits per heavy atom. The van der Waals surface area contributed by atoms with E-state index >= 15 is 0 Å². The summed E-state index contributed by atoms with van der Waals surface area (Å²) in [6.07, 6.45) is 2.47. The maximum Gasteiger partial charge on any atom is 0.314 e. The molecule has 2 amide bonds. The zero-order chi connectivity index (χ0) is 14.6. The molecule has 1 rings (SSSR count). The van der Waals surface area contributed by atoms with E-state index in [0.717, 1.165) is 0 Å². The summed E-state index contributed by atoms with van der Waals surface area (Å²) in [5.41, 5.74) is -0.951. The van der Waals surface area contributed by atoms with Crippen molar-refractivity contribution >= 4 is 12.0 Å². The van der Waals surface area contributed by atoms with Crippen LogP contribution in [0.15, 0.2) is 0 Å². The van der Waals surface area contributed by atoms with Gasteiger partial charge in [-0.1, -0.05) is 0 Å². The first kappa shape index (κ1) is 15.8. The number of carboxylic acids is 1. The van der Waals surface area contributed by atoms with Gasteiger partial charge in [0.2, 0.25) is 0 Å². The van der Waals surface area contributed by atoms with E-state index < -0.39 is 11.4 Å². The largest absolute Gasteiger partial charge is 0.481 e. The molecule has 0 bridgehead atoms. The molecule has 0 aromatic carbocycles. The van der Waals surface area contributed by atoms with Gasteiger partial charge in [0.15, 0.2) is 0 Å². The average Bonchev–Trinajstić information content (AvgIpc) is 3.16. The molecule has 1 unspecified atom stereocenters. The standard InChI is InChI=1S/C13H25N3O3/c1-9(16(4)10-5-6-10)7-14-12(19)15-8-13(2,3)11(17)18/h9-10H,5-8H2,1-4H3,(H,17,18)(H2,14,15,19). The van der Waals surface area contributed by atoms with E-state index in [1.54, 1.807) is 13.8 Å². The van der Waals surface area contributed by atoms with Gasteiger partial charge in [-0.3, -0.25) is 9.69 Å². The van der Waals surface area contributed by atoms with E-state index in [0.29, 0.717) is 12.6 Å². The topological polar surface area (TPSA) is 81.7 Å². The lowest BCUT2D eigenvalue weighted by Crippen LogP contribution is -2.47. The van der Waals surface area contributed by atoms with Crippen LogP contribution in [0, 0.1) is 5.41 Å². The lowest BCUT2D eigenvalue weighted by Gasteiger charge is -2.25. The highest BCUT2D eigenvalue weighted by Gasteiger charge is 2.30. The number of rotatable bonds is 7. The normalized spacial score (nSPS) is 17.1. The van der Waals surface area contributed by atoms with Crippen LogP contribution in [0.25, 0.3) is 0 Å². The minimum Gasteiger partial charge on any atom is -0.481 e. The molecule has 0 aliphatic heterocycles. The van der Waals surface area contributed by atoms with Crippen LogP contribution in [-0.4, -0.2) is 54.2 Å². The molecule has 0 heterocycles. The summed E-state index contributed by atoms with van der Waals surface area (Å²) in [7, 11) is 2.06. The van der Waals surface area contributed by atoms with Gasteiger partial charge < -0.3 is 15.7 Å². The molecule has 6 nitrogen and oxygen atoms in total. The Morgan fingerprint density at radius 3 is 2.42 bits per heavy atom. The number of amides is 2. The molecule has 0 radical (unpaired) electrons. The van der Waals surface area contributed by atoms with Crippen molar-refractivity contribution in [2.45, 2.75) is 45.7 Å². The SMILES string of the molecule is CC(CNC(=O)NCC(C)(C)C(=O)O)N(C)C1CC1. The van der Waals surface area contributed by atoms with Gasteiger partial charge in [-0.2, -0.15) is 0 Å². The predicted molar refractivity (Wildman–Crippen MR) is 73.1 cm³/mol. The van der Waals surface area contributed by atoms with Crippen LogP contribution in [-0.2, 0) is 4.79 Å². The van der Waals surface area contributed by atoms with Crippen LogP contribution < -0.4 is 10.6 Å². The molecule has 3 N–H and O–H groups in total. The van der Waals surface area contributed by atoms with Gasteiger partial charge in [0.05, 0.1) is 5.41 Å². The fourth-order valence-corrected chi connectivity index (χ4v) is 1.67. The van der Waals surface area contributed by atoms with E-state index in [1.807, 2.05) is 0 Å². The molecule has 0 aromatic heterocycles. The first-order valence-corrected chi connectivity index (χ1v) is 6.71. The second-order valence-electron chi connectivity index (χ2n) is 6.00. The molecule has 0 spiro atoms. The van der Waals surface area contributed by atoms with Gasteiger partial charge in [0, 0.05) is 25.2 Å². The molecule has 1 aliphatic rings. The molecule has 6 heteroatoms. The Bertz CT molecular complexity index is 340. The number of likely N-dealkylation sites (N-methyl/N-ethyl adjacent to an activating group) is 1. The van der Waals surface area contributed by atoms with E-state index in [2.05, 4.69) is 29.5 Å². The van der Waals surface area contributed by atoms with Crippen molar-refractivity contribution in [3.63, 3.8) is 0 Å². The average molecular weight is 271 g/mol. The maximum atomic E-state index is 11.6. The summed E-state index contributed by atoms with van der Waals surface area (Å²) < 4.78 is 0. The quantitative estimate of drug-likeness (QED) is 0.642. The third-order valence-electron chi connectivity index (χ3n) is 3.65. The number of aliphatic carboxylic acids is 1. The summed E-state index contributed by atoms with van der Waals surface area (Å²) in [4.78, 5) is 24.7. The maximum absolute atomic E-state index is 11.6. The number of nitrogens with zero attached hydrogens (tertiary/aromatic N) is 1. The van der Waals surface area contributed by atoms with Crippen LogP contribution in [0.4, 0.5) is 4.79 Å². The highest BCUT2D eigenvalue weighted by atomic mass is 16.4. The van der Waals surface area contributed by atoms with Crippen LogP contribution in [0.3, 0.4) is 0 Å². The number of hydrogen-bond donors (Lipinski definition) is 3. The molecule has 0 saturated heterocycles. The summed E-state index contributed by atoms with van der Waals surface area (Å²) in [5, 5.41) is 14.3. The fourth-order valence-electron chi connectivity index (χ4n) is 1.67. The van der Waals surface area contributed by atoms with Crippen molar-refractivity contribution in [3.8, 4) is 0 Å². The number of nitrogens with one attached hydrogen (secondary N) is 2. The number of carboxylic acid groups (broad SMARTS) is 1. The zero-order valence-corrected chi connectivity index (χ0v) is 12.2. The van der Waals surface area contributed by atoms with Gasteiger partial charge in [0.25, 0.3) is 0 Å². The lowest BCUT2D eigenvalue weighted by molar-refractivity contribution is -0.146. The van der Waals surface area contributed by atoms with Gasteiger partial charge in [-0.15, -0.1) is 0 Å². The summed E-state index contributed by atoms with van der Waals surface area (Å²) in [5.74, 6) is -0.922. The first-order chi connectivity index (χ1) is 8.74. The minimum absolute atomic E-state index is 0.112. The molecule has 0 aromatic rings. The van der Waals surface area contributed by atoms with E-state index in [-0.39, 0.29) is 18.6 Å². The molecular formula is C13H25N3O3. The molecular weight excluding hydrogens is 246 g/mol. The smallest absolute Gasteiger partial charge is 0.314 e. The van der Waals surface area contributed by atoms with Gasteiger partial charge in [0.1, 0.15) is 0 Å². The highest BCUT2D eigenvalue weighted by molar-refractivity contribution is 5.77. The lowest BCUT2D eigenvalue weighted by atomic mass is 9.94. The van der Waals surface area contributed by atoms with Gasteiger partial charge in [-0.05, 0) is 40.7 Å². The van der Waals surface area contributed by atoms with Crippen molar-refractivity contribution < 1.29 is 14.7 Å². The third-order valence-corrected chi connectivity index (χ3v) is 3.65. The van der Waals surface area contributed by atoms with E-state index in [1.165, 1.54) is 12.8 Å². The second-order valence-corrected chi connectivity index (χ2v) is 6.00. The van der Waals surface area contributed by atoms with Crippen molar-refractivity contribution in [2.24, 2.45) is 5.41 Å². The van der Waals surface area contributed by atoms with Crippen molar-refractivity contribution in [1.82, 2.24) is 15.5 Å². The second kappa shape index (κ2) is 6.23. The van der Waals surface area contributed by atoms with Crippen LogP contribution in [0.2, 0.25) is 0 Å². The molecule has 110 valence electrons. The van der Waals surface area contributed by atoms with E-state index in [9.17, 15) is 9.59 Å². The molecule has 1 saturated carbocycles. The summed E-state index contributed by atoms with van der Waals surface area (Å²) >= 11 is 0. The van der Waals surface area contributed by atoms with Crippen LogP contribution in [0.1, 0.15) is 33.6 Å². The predicted octanol–water partition coefficient (Wildman–Crippen LogP) is 0.879. The van der Waals surface area contributed by atoms with E-state index in [4.69, 9.17) is 5.11 Å². The minimum atomic E-state index is -0.951.